The van der Waals surface area contributed by atoms with Crippen molar-refractivity contribution in [2.75, 3.05) is 5.32 Å². The van der Waals surface area contributed by atoms with E-state index in [1.54, 1.807) is 12.1 Å². The number of hydrogen-bond acceptors (Lipinski definition) is 3. The Kier molecular flexibility index (Phi) is 3.18. The molecule has 0 radical (unpaired) electrons. The first-order valence-electron chi connectivity index (χ1n) is 4.68. The van der Waals surface area contributed by atoms with E-state index in [1.807, 2.05) is 36.4 Å². The predicted octanol–water partition coefficient (Wildman–Crippen LogP) is 3.46. The van der Waals surface area contributed by atoms with Crippen molar-refractivity contribution in [3.63, 3.8) is 0 Å². The lowest BCUT2D eigenvalue weighted by atomic mass is 10.3. The highest BCUT2D eigenvalue weighted by molar-refractivity contribution is 9.10. The first kappa shape index (κ1) is 10.7. The van der Waals surface area contributed by atoms with Gasteiger partial charge in [0.2, 0.25) is 0 Å². The molecule has 0 spiro atoms. The third-order valence-corrected chi connectivity index (χ3v) is 2.51. The number of nitriles is 1. The van der Waals surface area contributed by atoms with Crippen LogP contribution in [0.2, 0.25) is 0 Å². The number of hydrogen-bond donors (Lipinski definition) is 1. The van der Waals surface area contributed by atoms with Gasteiger partial charge in [0.1, 0.15) is 17.6 Å². The van der Waals surface area contributed by atoms with E-state index in [-0.39, 0.29) is 0 Å². The van der Waals surface area contributed by atoms with Crippen molar-refractivity contribution in [2.45, 2.75) is 0 Å². The maximum absolute atomic E-state index is 8.72. The molecule has 0 fully saturated rings. The minimum Gasteiger partial charge on any atom is -0.340 e. The molecule has 1 aromatic carbocycles. The second-order valence-electron chi connectivity index (χ2n) is 3.15. The summed E-state index contributed by atoms with van der Waals surface area (Å²) in [6.07, 6.45) is 0. The predicted molar refractivity (Wildman–Crippen MR) is 66.4 cm³/mol. The maximum Gasteiger partial charge on any atom is 0.142 e. The molecular weight excluding hydrogens is 266 g/mol. The lowest BCUT2D eigenvalue weighted by Crippen LogP contribution is -1.94. The molecule has 1 aromatic heterocycles. The Morgan fingerprint density at radius 1 is 1.12 bits per heavy atom. The van der Waals surface area contributed by atoms with Crippen LogP contribution in [0, 0.1) is 11.3 Å². The molecule has 0 aliphatic carbocycles. The largest absolute Gasteiger partial charge is 0.340 e. The molecular formula is C12H8BrN3. The van der Waals surface area contributed by atoms with Crippen LogP contribution in [-0.2, 0) is 0 Å². The fourth-order valence-corrected chi connectivity index (χ4v) is 1.51. The summed E-state index contributed by atoms with van der Waals surface area (Å²) in [6.45, 7) is 0. The van der Waals surface area contributed by atoms with Crippen LogP contribution in [0.25, 0.3) is 0 Å². The van der Waals surface area contributed by atoms with Gasteiger partial charge >= 0.3 is 0 Å². The molecule has 0 atom stereocenters. The summed E-state index contributed by atoms with van der Waals surface area (Å²) in [5.41, 5.74) is 1.34. The van der Waals surface area contributed by atoms with E-state index in [4.69, 9.17) is 5.26 Å². The van der Waals surface area contributed by atoms with E-state index in [0.717, 1.165) is 10.2 Å². The maximum atomic E-state index is 8.72. The minimum absolute atomic E-state index is 0.405. The van der Waals surface area contributed by atoms with Gasteiger partial charge in [-0.3, -0.25) is 0 Å². The summed E-state index contributed by atoms with van der Waals surface area (Å²) >= 11 is 3.37. The molecule has 0 aliphatic heterocycles. The molecule has 0 bridgehead atoms. The van der Waals surface area contributed by atoms with Gasteiger partial charge < -0.3 is 5.32 Å². The number of pyridine rings is 1. The van der Waals surface area contributed by atoms with Crippen molar-refractivity contribution < 1.29 is 0 Å². The summed E-state index contributed by atoms with van der Waals surface area (Å²) in [5.74, 6) is 0.668. The topological polar surface area (TPSA) is 48.7 Å². The second kappa shape index (κ2) is 4.77. The Morgan fingerprint density at radius 2 is 1.88 bits per heavy atom. The van der Waals surface area contributed by atoms with Crippen molar-refractivity contribution in [2.24, 2.45) is 0 Å². The fourth-order valence-electron chi connectivity index (χ4n) is 1.25. The van der Waals surface area contributed by atoms with Gasteiger partial charge in [-0.2, -0.15) is 5.26 Å². The zero-order valence-electron chi connectivity index (χ0n) is 8.31. The highest BCUT2D eigenvalue weighted by Gasteiger charge is 1.97. The summed E-state index contributed by atoms with van der Waals surface area (Å²) in [6, 6.07) is 15.1. The lowest BCUT2D eigenvalue weighted by Gasteiger charge is -2.05. The Labute approximate surface area is 102 Å². The number of aromatic nitrogens is 1. The number of rotatable bonds is 2. The standard InChI is InChI=1S/C12H8BrN3/c13-9-4-6-10(7-5-9)15-12-3-1-2-11(8-14)16-12/h1-7H,(H,15,16). The fraction of sp³-hybridized carbons (Fsp3) is 0. The average Bonchev–Trinajstić information content (AvgIpc) is 2.32. The Morgan fingerprint density at radius 3 is 2.56 bits per heavy atom. The molecule has 2 aromatic rings. The summed E-state index contributed by atoms with van der Waals surface area (Å²) in [4.78, 5) is 4.13. The Hall–Kier alpha value is -1.86. The summed E-state index contributed by atoms with van der Waals surface area (Å²) in [7, 11) is 0. The van der Waals surface area contributed by atoms with Crippen molar-refractivity contribution >= 4 is 27.4 Å². The van der Waals surface area contributed by atoms with Gasteiger partial charge in [0.25, 0.3) is 0 Å². The van der Waals surface area contributed by atoms with Crippen LogP contribution in [0.5, 0.6) is 0 Å². The van der Waals surface area contributed by atoms with Crippen molar-refractivity contribution in [1.82, 2.24) is 4.98 Å². The zero-order chi connectivity index (χ0) is 11.4. The molecule has 4 heteroatoms. The van der Waals surface area contributed by atoms with Crippen LogP contribution >= 0.6 is 15.9 Å². The quantitative estimate of drug-likeness (QED) is 0.912. The number of anilines is 2. The van der Waals surface area contributed by atoms with Gasteiger partial charge in [0, 0.05) is 10.2 Å². The van der Waals surface area contributed by atoms with Crippen LogP contribution < -0.4 is 5.32 Å². The summed E-state index contributed by atoms with van der Waals surface area (Å²) in [5, 5.41) is 11.8. The SMILES string of the molecule is N#Cc1cccc(Nc2ccc(Br)cc2)n1. The van der Waals surface area contributed by atoms with Gasteiger partial charge in [-0.05, 0) is 36.4 Å². The molecule has 2 rings (SSSR count). The molecule has 1 heterocycles. The third kappa shape index (κ3) is 2.59. The van der Waals surface area contributed by atoms with E-state index < -0.39 is 0 Å². The molecule has 3 nitrogen and oxygen atoms in total. The number of nitrogens with one attached hydrogen (secondary N) is 1. The van der Waals surface area contributed by atoms with Crippen LogP contribution in [0.15, 0.2) is 46.9 Å². The van der Waals surface area contributed by atoms with E-state index in [9.17, 15) is 0 Å². The zero-order valence-corrected chi connectivity index (χ0v) is 9.90. The van der Waals surface area contributed by atoms with Crippen LogP contribution in [0.1, 0.15) is 5.69 Å². The lowest BCUT2D eigenvalue weighted by molar-refractivity contribution is 1.25. The highest BCUT2D eigenvalue weighted by Crippen LogP contribution is 2.17. The monoisotopic (exact) mass is 273 g/mol. The first-order chi connectivity index (χ1) is 7.78. The first-order valence-corrected chi connectivity index (χ1v) is 5.47. The van der Waals surface area contributed by atoms with Gasteiger partial charge in [-0.15, -0.1) is 0 Å². The molecule has 0 saturated heterocycles. The van der Waals surface area contributed by atoms with Crippen LogP contribution in [0.3, 0.4) is 0 Å². The Bertz CT molecular complexity index is 529. The van der Waals surface area contributed by atoms with Crippen molar-refractivity contribution in [1.29, 1.82) is 5.26 Å². The minimum atomic E-state index is 0.405. The normalized spacial score (nSPS) is 9.50. The third-order valence-electron chi connectivity index (χ3n) is 1.98. The molecule has 16 heavy (non-hydrogen) atoms. The van der Waals surface area contributed by atoms with Gasteiger partial charge in [0.15, 0.2) is 0 Å². The molecule has 0 unspecified atom stereocenters. The Balaban J connectivity index is 2.21. The van der Waals surface area contributed by atoms with Crippen molar-refractivity contribution in [3.8, 4) is 6.07 Å². The highest BCUT2D eigenvalue weighted by atomic mass is 79.9. The molecule has 78 valence electrons. The summed E-state index contributed by atoms with van der Waals surface area (Å²) < 4.78 is 1.02. The number of halogens is 1. The van der Waals surface area contributed by atoms with Gasteiger partial charge in [0.05, 0.1) is 0 Å². The molecule has 1 N–H and O–H groups in total. The number of benzene rings is 1. The smallest absolute Gasteiger partial charge is 0.142 e. The van der Waals surface area contributed by atoms with E-state index in [2.05, 4.69) is 26.2 Å². The number of nitrogens with zero attached hydrogens (tertiary/aromatic N) is 2. The van der Waals surface area contributed by atoms with Crippen LogP contribution in [0.4, 0.5) is 11.5 Å². The van der Waals surface area contributed by atoms with Gasteiger partial charge in [-0.1, -0.05) is 22.0 Å². The second-order valence-corrected chi connectivity index (χ2v) is 4.07. The molecule has 0 aliphatic rings. The van der Waals surface area contributed by atoms with E-state index in [1.165, 1.54) is 0 Å². The average molecular weight is 274 g/mol. The van der Waals surface area contributed by atoms with E-state index >= 15 is 0 Å². The molecule has 0 amide bonds. The van der Waals surface area contributed by atoms with Crippen LogP contribution in [-0.4, -0.2) is 4.98 Å². The van der Waals surface area contributed by atoms with Crippen molar-refractivity contribution in [3.05, 3.63) is 52.6 Å². The van der Waals surface area contributed by atoms with Gasteiger partial charge in [-0.25, -0.2) is 4.98 Å². The molecule has 0 saturated carbocycles. The van der Waals surface area contributed by atoms with E-state index in [0.29, 0.717) is 11.5 Å².